The predicted molar refractivity (Wildman–Crippen MR) is 99.2 cm³/mol. The van der Waals surface area contributed by atoms with Crippen molar-refractivity contribution in [3.05, 3.63) is 68.0 Å². The molecule has 0 aliphatic carbocycles. The predicted octanol–water partition coefficient (Wildman–Crippen LogP) is 5.44. The Morgan fingerprint density at radius 2 is 1.16 bits per heavy atom. The van der Waals surface area contributed by atoms with Gasteiger partial charge in [-0.25, -0.2) is 0 Å². The summed E-state index contributed by atoms with van der Waals surface area (Å²) in [5.74, 6) is 0. The van der Waals surface area contributed by atoms with Crippen LogP contribution in [0.5, 0.6) is 0 Å². The van der Waals surface area contributed by atoms with Crippen LogP contribution in [-0.2, 0) is 0 Å². The van der Waals surface area contributed by atoms with Crippen LogP contribution in [0.25, 0.3) is 0 Å². The first-order valence-corrected chi connectivity index (χ1v) is 8.52. The Hall–Kier alpha value is -2.12. The molecule has 0 amide bonds. The van der Waals surface area contributed by atoms with E-state index in [0.717, 1.165) is 0 Å². The van der Waals surface area contributed by atoms with Crippen LogP contribution in [0.1, 0.15) is 0 Å². The zero-order chi connectivity index (χ0) is 18.9. The molecule has 0 atom stereocenters. The zero-order valence-electron chi connectivity index (χ0n) is 11.7. The normalized spacial score (nSPS) is 10.4. The molecule has 0 aliphatic heterocycles. The number of anilines is 2. The summed E-state index contributed by atoms with van der Waals surface area (Å²) in [7, 11) is 0. The van der Waals surface area contributed by atoms with Gasteiger partial charge in [-0.3, -0.25) is 30.3 Å². The van der Waals surface area contributed by atoms with E-state index in [4.69, 9.17) is 0 Å². The fraction of sp³-hybridized carbons (Fsp3) is 0. The number of nitrogens with zero attached hydrogens (tertiary/aromatic N) is 3. The van der Waals surface area contributed by atoms with Crippen LogP contribution in [0, 0.1) is 30.3 Å². The average Bonchev–Trinajstić information content (AvgIpc) is 2.49. The molecule has 0 spiro atoms. The van der Waals surface area contributed by atoms with Crippen molar-refractivity contribution in [1.82, 2.24) is 0 Å². The Bertz CT molecular complexity index is 862. The van der Waals surface area contributed by atoms with E-state index in [-0.39, 0.29) is 5.69 Å². The summed E-state index contributed by atoms with van der Waals surface area (Å²) in [4.78, 5) is 30.6. The molecule has 0 radical (unpaired) electrons. The van der Waals surface area contributed by atoms with Crippen molar-refractivity contribution in [1.29, 1.82) is 0 Å². The van der Waals surface area contributed by atoms with Crippen molar-refractivity contribution in [3.63, 3.8) is 0 Å². The lowest BCUT2D eigenvalue weighted by Crippen LogP contribution is -2.04. The number of nitrogens with one attached hydrogen (secondary N) is 1. The van der Waals surface area contributed by atoms with E-state index in [2.05, 4.69) is 53.1 Å². The highest BCUT2D eigenvalue weighted by Crippen LogP contribution is 2.43. The van der Waals surface area contributed by atoms with E-state index in [1.807, 2.05) is 0 Å². The summed E-state index contributed by atoms with van der Waals surface area (Å²) < 4.78 is 1.59. The third kappa shape index (κ3) is 4.11. The summed E-state index contributed by atoms with van der Waals surface area (Å²) in [6.07, 6.45) is 0. The van der Waals surface area contributed by atoms with Gasteiger partial charge in [0.1, 0.15) is 0 Å². The molecule has 0 saturated carbocycles. The lowest BCUT2D eigenvalue weighted by Gasteiger charge is -2.12. The number of rotatable bonds is 5. The van der Waals surface area contributed by atoms with Crippen molar-refractivity contribution in [2.24, 2.45) is 0 Å². The maximum Gasteiger partial charge on any atom is 0.306 e. The Labute approximate surface area is 164 Å². The third-order valence-electron chi connectivity index (χ3n) is 2.94. The van der Waals surface area contributed by atoms with E-state index in [0.29, 0.717) is 25.6 Å². The van der Waals surface area contributed by atoms with Gasteiger partial charge in [-0.15, -0.1) is 0 Å². The highest BCUT2D eigenvalue weighted by Gasteiger charge is 2.31. The maximum atomic E-state index is 11.3. The molecule has 0 heterocycles. The smallest absolute Gasteiger partial charge is 0.306 e. The summed E-state index contributed by atoms with van der Waals surface area (Å²) in [6.45, 7) is 0. The fourth-order valence-corrected chi connectivity index (χ4v) is 4.36. The maximum absolute atomic E-state index is 11.3. The summed E-state index contributed by atoms with van der Waals surface area (Å²) in [5.41, 5.74) is -2.52. The highest BCUT2D eigenvalue weighted by atomic mass is 79.9. The van der Waals surface area contributed by atoms with Gasteiger partial charge < -0.3 is 5.32 Å². The number of hydrogen-bond acceptors (Lipinski definition) is 7. The summed E-state index contributed by atoms with van der Waals surface area (Å²) >= 11 is 9.75. The molecule has 0 aromatic heterocycles. The Morgan fingerprint density at radius 1 is 0.720 bits per heavy atom. The number of nitro benzene ring substituents is 3. The van der Waals surface area contributed by atoms with E-state index in [1.54, 1.807) is 12.1 Å². The van der Waals surface area contributed by atoms with E-state index in [9.17, 15) is 30.3 Å². The second-order valence-electron chi connectivity index (χ2n) is 4.50. The van der Waals surface area contributed by atoms with Crippen LogP contribution in [0.2, 0.25) is 0 Å². The minimum Gasteiger partial charge on any atom is -0.342 e. The van der Waals surface area contributed by atoms with Crippen LogP contribution in [-0.4, -0.2) is 14.8 Å². The highest BCUT2D eigenvalue weighted by molar-refractivity contribution is 9.11. The Balaban J connectivity index is 2.74. The van der Waals surface area contributed by atoms with Crippen molar-refractivity contribution < 1.29 is 14.8 Å². The van der Waals surface area contributed by atoms with Gasteiger partial charge in [0.05, 0.1) is 32.6 Å². The van der Waals surface area contributed by atoms with E-state index >= 15 is 0 Å². The van der Waals surface area contributed by atoms with Crippen LogP contribution in [0.3, 0.4) is 0 Å². The van der Waals surface area contributed by atoms with Crippen molar-refractivity contribution in [2.45, 2.75) is 0 Å². The molecule has 0 aliphatic rings. The standard InChI is InChI=1S/C12H5Br3N4O6/c13-5-1-7(14)11(8(15)2-5)16-12-9(18(22)23)3-6(17(20)21)4-10(12)19(24)25/h1-4,16H. The van der Waals surface area contributed by atoms with E-state index in [1.165, 1.54) is 0 Å². The number of hydrogen-bond donors (Lipinski definition) is 1. The van der Waals surface area contributed by atoms with Gasteiger partial charge in [0.2, 0.25) is 0 Å². The number of nitro groups is 3. The Morgan fingerprint density at radius 3 is 1.52 bits per heavy atom. The van der Waals surface area contributed by atoms with Crippen molar-refractivity contribution in [3.8, 4) is 0 Å². The van der Waals surface area contributed by atoms with Crippen molar-refractivity contribution >= 4 is 76.2 Å². The lowest BCUT2D eigenvalue weighted by atomic mass is 10.2. The van der Waals surface area contributed by atoms with Crippen molar-refractivity contribution in [2.75, 3.05) is 5.32 Å². The molecule has 0 fully saturated rings. The van der Waals surface area contributed by atoms with Gasteiger partial charge in [0.25, 0.3) is 5.69 Å². The summed E-state index contributed by atoms with van der Waals surface area (Å²) in [5, 5.41) is 36.0. The monoisotopic (exact) mass is 538 g/mol. The molecule has 1 N–H and O–H groups in total. The second-order valence-corrected chi connectivity index (χ2v) is 7.12. The molecule has 0 unspecified atom stereocenters. The average molecular weight is 541 g/mol. The molecule has 13 heteroatoms. The quantitative estimate of drug-likeness (QED) is 0.393. The minimum atomic E-state index is -0.935. The fourth-order valence-electron chi connectivity index (χ4n) is 1.91. The molecule has 25 heavy (non-hydrogen) atoms. The molecule has 2 aromatic rings. The van der Waals surface area contributed by atoms with Gasteiger partial charge in [0.15, 0.2) is 5.69 Å². The van der Waals surface area contributed by atoms with Crippen LogP contribution in [0.4, 0.5) is 28.4 Å². The topological polar surface area (TPSA) is 141 Å². The number of non-ortho nitro benzene ring substituents is 1. The third-order valence-corrected chi connectivity index (χ3v) is 4.65. The number of benzene rings is 2. The Kier molecular flexibility index (Phi) is 5.69. The first-order chi connectivity index (χ1) is 11.6. The number of halogens is 3. The van der Waals surface area contributed by atoms with Crippen LogP contribution in [0.15, 0.2) is 37.7 Å². The first-order valence-electron chi connectivity index (χ1n) is 6.14. The SMILES string of the molecule is O=[N+]([O-])c1cc([N+](=O)[O-])c(Nc2c(Br)cc(Br)cc2Br)c([N+](=O)[O-])c1. The van der Waals surface area contributed by atoms with Crippen LogP contribution >= 0.6 is 47.8 Å². The molecular formula is C12H5Br3N4O6. The molecule has 0 bridgehead atoms. The van der Waals surface area contributed by atoms with Gasteiger partial charge in [-0.05, 0) is 44.0 Å². The molecule has 0 saturated heterocycles. The zero-order valence-corrected chi connectivity index (χ0v) is 16.5. The summed E-state index contributed by atoms with van der Waals surface area (Å²) in [6, 6.07) is 4.57. The van der Waals surface area contributed by atoms with Gasteiger partial charge in [-0.1, -0.05) is 15.9 Å². The molecule has 2 rings (SSSR count). The lowest BCUT2D eigenvalue weighted by molar-refractivity contribution is -0.401. The van der Waals surface area contributed by atoms with Gasteiger partial charge in [0, 0.05) is 13.4 Å². The molecule has 130 valence electrons. The second kappa shape index (κ2) is 7.41. The first kappa shape index (κ1) is 19.2. The van der Waals surface area contributed by atoms with Gasteiger partial charge in [-0.2, -0.15) is 0 Å². The largest absolute Gasteiger partial charge is 0.342 e. The minimum absolute atomic E-state index is 0.281. The van der Waals surface area contributed by atoms with E-state index < -0.39 is 37.5 Å². The van der Waals surface area contributed by atoms with Crippen LogP contribution < -0.4 is 5.32 Å². The van der Waals surface area contributed by atoms with Gasteiger partial charge >= 0.3 is 11.4 Å². The molecule has 2 aromatic carbocycles. The molecular weight excluding hydrogens is 536 g/mol. The molecule has 10 nitrogen and oxygen atoms in total.